The largest absolute Gasteiger partial charge is 0.315 e. The second-order valence-electron chi connectivity index (χ2n) is 2.98. The van der Waals surface area contributed by atoms with Gasteiger partial charge < -0.3 is 5.32 Å². The van der Waals surface area contributed by atoms with E-state index in [0.29, 0.717) is 0 Å². The van der Waals surface area contributed by atoms with Gasteiger partial charge in [-0.2, -0.15) is 0 Å². The van der Waals surface area contributed by atoms with E-state index < -0.39 is 0 Å². The molecule has 0 amide bonds. The summed E-state index contributed by atoms with van der Waals surface area (Å²) < 4.78 is 0. The van der Waals surface area contributed by atoms with E-state index in [9.17, 15) is 4.79 Å². The first-order valence-electron chi connectivity index (χ1n) is 3.59. The molecule has 0 saturated carbocycles. The monoisotopic (exact) mass is 139 g/mol. The zero-order valence-corrected chi connectivity index (χ0v) is 6.48. The van der Waals surface area contributed by atoms with Gasteiger partial charge in [-0.1, -0.05) is 5.57 Å². The number of hydrogen-bond acceptors (Lipinski definition) is 2. The van der Waals surface area contributed by atoms with E-state index in [0.717, 1.165) is 18.7 Å². The molecular weight excluding hydrogens is 126 g/mol. The van der Waals surface area contributed by atoms with Crippen LogP contribution in [0.15, 0.2) is 11.6 Å². The molecule has 10 heavy (non-hydrogen) atoms. The van der Waals surface area contributed by atoms with Crippen LogP contribution in [0.4, 0.5) is 0 Å². The molecule has 1 rings (SSSR count). The average Bonchev–Trinajstić information content (AvgIpc) is 1.55. The predicted molar refractivity (Wildman–Crippen MR) is 40.8 cm³/mol. The fourth-order valence-electron chi connectivity index (χ4n) is 0.892. The van der Waals surface area contributed by atoms with Gasteiger partial charge in [0.1, 0.15) is 0 Å². The Morgan fingerprint density at radius 2 is 2.10 bits per heavy atom. The standard InChI is InChI=1S/C8H13NO/c1-6(2)3-8(10)7-4-9-5-7/h3,7,9H,4-5H2,1-2H3. The number of carbonyl (C=O) groups excluding carboxylic acids is 1. The molecule has 1 heterocycles. The predicted octanol–water partition coefficient (Wildman–Crippen LogP) is 0.741. The van der Waals surface area contributed by atoms with Crippen LogP contribution < -0.4 is 5.32 Å². The number of rotatable bonds is 2. The third-order valence-electron chi connectivity index (χ3n) is 1.61. The molecule has 0 aromatic carbocycles. The first-order valence-corrected chi connectivity index (χ1v) is 3.59. The van der Waals surface area contributed by atoms with Crippen molar-refractivity contribution in [2.24, 2.45) is 5.92 Å². The Morgan fingerprint density at radius 3 is 2.40 bits per heavy atom. The van der Waals surface area contributed by atoms with Crippen molar-refractivity contribution < 1.29 is 4.79 Å². The Morgan fingerprint density at radius 1 is 1.50 bits per heavy atom. The summed E-state index contributed by atoms with van der Waals surface area (Å²) in [6.45, 7) is 5.62. The van der Waals surface area contributed by atoms with Gasteiger partial charge in [0.25, 0.3) is 0 Å². The van der Waals surface area contributed by atoms with Crippen molar-refractivity contribution in [1.82, 2.24) is 5.32 Å². The number of carbonyl (C=O) groups is 1. The van der Waals surface area contributed by atoms with Gasteiger partial charge in [-0.3, -0.25) is 4.79 Å². The van der Waals surface area contributed by atoms with Crippen LogP contribution in [0.25, 0.3) is 0 Å². The lowest BCUT2D eigenvalue weighted by Crippen LogP contribution is -2.46. The van der Waals surface area contributed by atoms with Gasteiger partial charge in [-0.25, -0.2) is 0 Å². The normalized spacial score (nSPS) is 17.8. The Hall–Kier alpha value is -0.630. The Labute approximate surface area is 61.3 Å². The van der Waals surface area contributed by atoms with Crippen molar-refractivity contribution >= 4 is 5.78 Å². The molecule has 0 aliphatic carbocycles. The third-order valence-corrected chi connectivity index (χ3v) is 1.61. The summed E-state index contributed by atoms with van der Waals surface area (Å²) in [6, 6.07) is 0. The molecule has 0 aromatic rings. The summed E-state index contributed by atoms with van der Waals surface area (Å²) in [6.07, 6.45) is 1.73. The molecule has 0 spiro atoms. The number of ketones is 1. The highest BCUT2D eigenvalue weighted by atomic mass is 16.1. The highest BCUT2D eigenvalue weighted by molar-refractivity contribution is 5.93. The highest BCUT2D eigenvalue weighted by Gasteiger charge is 2.22. The zero-order chi connectivity index (χ0) is 7.56. The van der Waals surface area contributed by atoms with Crippen LogP contribution in [0.2, 0.25) is 0 Å². The summed E-state index contributed by atoms with van der Waals surface area (Å²) in [5.41, 5.74) is 1.09. The maximum absolute atomic E-state index is 11.1. The van der Waals surface area contributed by atoms with Crippen LogP contribution in [0.5, 0.6) is 0 Å². The summed E-state index contributed by atoms with van der Waals surface area (Å²) in [7, 11) is 0. The van der Waals surface area contributed by atoms with Crippen LogP contribution >= 0.6 is 0 Å². The molecule has 0 unspecified atom stereocenters. The van der Waals surface area contributed by atoms with Crippen LogP contribution in [0.1, 0.15) is 13.8 Å². The SMILES string of the molecule is CC(C)=CC(=O)C1CNC1. The quantitative estimate of drug-likeness (QED) is 0.572. The second-order valence-corrected chi connectivity index (χ2v) is 2.98. The fraction of sp³-hybridized carbons (Fsp3) is 0.625. The van der Waals surface area contributed by atoms with Gasteiger partial charge in [0.15, 0.2) is 5.78 Å². The lowest BCUT2D eigenvalue weighted by molar-refractivity contribution is -0.119. The Kier molecular flexibility index (Phi) is 2.22. The lowest BCUT2D eigenvalue weighted by atomic mass is 9.97. The number of nitrogens with one attached hydrogen (secondary N) is 1. The first kappa shape index (κ1) is 7.48. The van der Waals surface area contributed by atoms with E-state index in [1.54, 1.807) is 6.08 Å². The fourth-order valence-corrected chi connectivity index (χ4v) is 0.892. The average molecular weight is 139 g/mol. The lowest BCUT2D eigenvalue weighted by Gasteiger charge is -2.24. The minimum atomic E-state index is 0.259. The molecule has 2 heteroatoms. The van der Waals surface area contributed by atoms with Crippen LogP contribution in [-0.4, -0.2) is 18.9 Å². The molecule has 56 valence electrons. The molecule has 1 N–H and O–H groups in total. The third kappa shape index (κ3) is 1.67. The maximum Gasteiger partial charge on any atom is 0.161 e. The minimum absolute atomic E-state index is 0.259. The first-order chi connectivity index (χ1) is 4.70. The van der Waals surface area contributed by atoms with Gasteiger partial charge in [0.2, 0.25) is 0 Å². The topological polar surface area (TPSA) is 29.1 Å². The molecule has 2 nitrogen and oxygen atoms in total. The maximum atomic E-state index is 11.1. The van der Waals surface area contributed by atoms with Gasteiger partial charge >= 0.3 is 0 Å². The van der Waals surface area contributed by atoms with Crippen molar-refractivity contribution in [3.63, 3.8) is 0 Å². The van der Waals surface area contributed by atoms with Gasteiger partial charge in [0, 0.05) is 19.0 Å². The van der Waals surface area contributed by atoms with Crippen molar-refractivity contribution in [2.45, 2.75) is 13.8 Å². The van der Waals surface area contributed by atoms with E-state index in [1.165, 1.54) is 0 Å². The van der Waals surface area contributed by atoms with E-state index in [1.807, 2.05) is 13.8 Å². The summed E-state index contributed by atoms with van der Waals surface area (Å²) in [4.78, 5) is 11.1. The number of allylic oxidation sites excluding steroid dienone is 2. The van der Waals surface area contributed by atoms with Crippen LogP contribution in [0, 0.1) is 5.92 Å². The highest BCUT2D eigenvalue weighted by Crippen LogP contribution is 2.06. The smallest absolute Gasteiger partial charge is 0.161 e. The van der Waals surface area contributed by atoms with Crippen LogP contribution in [-0.2, 0) is 4.79 Å². The van der Waals surface area contributed by atoms with E-state index >= 15 is 0 Å². The van der Waals surface area contributed by atoms with Crippen molar-refractivity contribution in [1.29, 1.82) is 0 Å². The van der Waals surface area contributed by atoms with Gasteiger partial charge in [-0.05, 0) is 19.9 Å². The summed E-state index contributed by atoms with van der Waals surface area (Å²) in [5.74, 6) is 0.536. The van der Waals surface area contributed by atoms with E-state index in [4.69, 9.17) is 0 Å². The van der Waals surface area contributed by atoms with Gasteiger partial charge in [-0.15, -0.1) is 0 Å². The van der Waals surface area contributed by atoms with Gasteiger partial charge in [0.05, 0.1) is 0 Å². The molecule has 1 saturated heterocycles. The molecule has 1 fully saturated rings. The summed E-state index contributed by atoms with van der Waals surface area (Å²) >= 11 is 0. The van der Waals surface area contributed by atoms with Crippen molar-refractivity contribution in [2.75, 3.05) is 13.1 Å². The molecule has 1 aliphatic rings. The zero-order valence-electron chi connectivity index (χ0n) is 6.48. The van der Waals surface area contributed by atoms with E-state index in [2.05, 4.69) is 5.32 Å². The Bertz CT molecular complexity index is 164. The molecule has 0 radical (unpaired) electrons. The van der Waals surface area contributed by atoms with Crippen molar-refractivity contribution in [3.8, 4) is 0 Å². The molecule has 0 aromatic heterocycles. The van der Waals surface area contributed by atoms with E-state index in [-0.39, 0.29) is 11.7 Å². The van der Waals surface area contributed by atoms with Crippen LogP contribution in [0.3, 0.4) is 0 Å². The second kappa shape index (κ2) is 2.97. The number of hydrogen-bond donors (Lipinski definition) is 1. The molecule has 1 aliphatic heterocycles. The molecule has 0 bridgehead atoms. The Balaban J connectivity index is 2.41. The van der Waals surface area contributed by atoms with Crippen molar-refractivity contribution in [3.05, 3.63) is 11.6 Å². The molecule has 0 atom stereocenters. The molecular formula is C8H13NO. The summed E-state index contributed by atoms with van der Waals surface area (Å²) in [5, 5.41) is 3.07. The minimum Gasteiger partial charge on any atom is -0.315 e.